The number of benzene rings is 1. The molecule has 1 aromatic carbocycles. The molecular formula is C23H27N5O2S. The van der Waals surface area contributed by atoms with Gasteiger partial charge in [0.15, 0.2) is 5.13 Å². The van der Waals surface area contributed by atoms with E-state index in [2.05, 4.69) is 26.2 Å². The molecule has 7 nitrogen and oxygen atoms in total. The Bertz CT molecular complexity index is 1020. The molecule has 4 heterocycles. The number of hydrogen-bond donors (Lipinski definition) is 1. The Labute approximate surface area is 186 Å². The Morgan fingerprint density at radius 1 is 1.13 bits per heavy atom. The molecule has 2 aliphatic rings. The van der Waals surface area contributed by atoms with Crippen LogP contribution in [0.25, 0.3) is 10.2 Å². The van der Waals surface area contributed by atoms with E-state index in [1.165, 1.54) is 4.70 Å². The van der Waals surface area contributed by atoms with E-state index in [-0.39, 0.29) is 11.8 Å². The number of thiazole rings is 1. The molecule has 3 aromatic rings. The number of para-hydroxylation sites is 1. The van der Waals surface area contributed by atoms with Crippen molar-refractivity contribution in [3.05, 3.63) is 48.2 Å². The molecule has 2 aromatic heterocycles. The highest BCUT2D eigenvalue weighted by molar-refractivity contribution is 7.22. The van der Waals surface area contributed by atoms with Crippen molar-refractivity contribution in [2.75, 3.05) is 49.2 Å². The molecule has 2 saturated heterocycles. The largest absolute Gasteiger partial charge is 0.378 e. The Morgan fingerprint density at radius 3 is 2.87 bits per heavy atom. The Hall–Kier alpha value is -2.71. The highest BCUT2D eigenvalue weighted by Gasteiger charge is 2.27. The summed E-state index contributed by atoms with van der Waals surface area (Å²) < 4.78 is 6.65. The van der Waals surface area contributed by atoms with Gasteiger partial charge in [0.25, 0.3) is 0 Å². The van der Waals surface area contributed by atoms with E-state index in [4.69, 9.17) is 9.72 Å². The number of morpholine rings is 1. The summed E-state index contributed by atoms with van der Waals surface area (Å²) in [6, 6.07) is 12.2. The van der Waals surface area contributed by atoms with Crippen LogP contribution in [0.4, 0.5) is 10.9 Å². The number of carbonyl (C=O) groups excluding carboxylic acids is 1. The fourth-order valence-corrected chi connectivity index (χ4v) is 5.32. The first-order valence-corrected chi connectivity index (χ1v) is 11.7. The highest BCUT2D eigenvalue weighted by Crippen LogP contribution is 2.31. The first-order valence-electron chi connectivity index (χ1n) is 10.9. The summed E-state index contributed by atoms with van der Waals surface area (Å²) in [5.41, 5.74) is 2.08. The monoisotopic (exact) mass is 437 g/mol. The molecule has 2 aliphatic heterocycles. The first-order chi connectivity index (χ1) is 15.3. The minimum atomic E-state index is -0.0238. The fraction of sp³-hybridized carbons (Fsp3) is 0.435. The predicted molar refractivity (Wildman–Crippen MR) is 124 cm³/mol. The summed E-state index contributed by atoms with van der Waals surface area (Å²) in [7, 11) is 0. The average Bonchev–Trinajstić information content (AvgIpc) is 3.28. The number of hydrogen-bond acceptors (Lipinski definition) is 7. The van der Waals surface area contributed by atoms with Crippen molar-refractivity contribution in [2.45, 2.75) is 19.4 Å². The molecule has 0 aliphatic carbocycles. The second-order valence-corrected chi connectivity index (χ2v) is 9.06. The zero-order valence-electron chi connectivity index (χ0n) is 17.5. The molecule has 162 valence electrons. The van der Waals surface area contributed by atoms with Gasteiger partial charge in [0.05, 0.1) is 29.3 Å². The van der Waals surface area contributed by atoms with Crippen LogP contribution in [0.5, 0.6) is 0 Å². The number of amides is 1. The highest BCUT2D eigenvalue weighted by atomic mass is 32.1. The lowest BCUT2D eigenvalue weighted by Crippen LogP contribution is -2.43. The number of rotatable bonds is 5. The van der Waals surface area contributed by atoms with E-state index >= 15 is 0 Å². The van der Waals surface area contributed by atoms with Gasteiger partial charge in [-0.05, 0) is 31.0 Å². The zero-order valence-corrected chi connectivity index (χ0v) is 18.3. The molecule has 31 heavy (non-hydrogen) atoms. The molecule has 0 radical (unpaired) electrons. The molecule has 0 spiro atoms. The van der Waals surface area contributed by atoms with Gasteiger partial charge in [-0.15, -0.1) is 0 Å². The lowest BCUT2D eigenvalue weighted by atomic mass is 9.97. The van der Waals surface area contributed by atoms with Crippen molar-refractivity contribution in [3.8, 4) is 0 Å². The van der Waals surface area contributed by atoms with E-state index < -0.39 is 0 Å². The number of anilines is 2. The van der Waals surface area contributed by atoms with Gasteiger partial charge in [-0.1, -0.05) is 29.5 Å². The second kappa shape index (κ2) is 9.20. The van der Waals surface area contributed by atoms with Crippen LogP contribution < -0.4 is 15.1 Å². The van der Waals surface area contributed by atoms with E-state index in [0.29, 0.717) is 19.8 Å². The smallest absolute Gasteiger partial charge is 0.225 e. The van der Waals surface area contributed by atoms with E-state index in [9.17, 15) is 4.79 Å². The lowest BCUT2D eigenvalue weighted by Gasteiger charge is -2.32. The summed E-state index contributed by atoms with van der Waals surface area (Å²) in [4.78, 5) is 26.8. The molecule has 1 amide bonds. The number of fused-ring (bicyclic) bond motifs is 1. The van der Waals surface area contributed by atoms with Crippen LogP contribution >= 0.6 is 11.3 Å². The fourth-order valence-electron chi connectivity index (χ4n) is 4.32. The topological polar surface area (TPSA) is 70.6 Å². The molecule has 1 atom stereocenters. The summed E-state index contributed by atoms with van der Waals surface area (Å²) in [6.07, 6.45) is 3.73. The average molecular weight is 438 g/mol. The Kier molecular flexibility index (Phi) is 5.99. The van der Waals surface area contributed by atoms with Crippen molar-refractivity contribution < 1.29 is 9.53 Å². The van der Waals surface area contributed by atoms with Gasteiger partial charge in [0, 0.05) is 44.5 Å². The van der Waals surface area contributed by atoms with Crippen molar-refractivity contribution in [3.63, 3.8) is 0 Å². The molecule has 0 saturated carbocycles. The summed E-state index contributed by atoms with van der Waals surface area (Å²) in [6.45, 7) is 5.26. The van der Waals surface area contributed by atoms with Crippen LogP contribution in [0.2, 0.25) is 0 Å². The second-order valence-electron chi connectivity index (χ2n) is 8.05. The Morgan fingerprint density at radius 2 is 2.00 bits per heavy atom. The molecule has 8 heteroatoms. The standard InChI is InChI=1S/C23H27N5O2S/c29-22(25-15-17-5-3-9-24-21(17)27-11-13-30-14-12-27)18-6-4-10-28(16-18)23-26-19-7-1-2-8-20(19)31-23/h1-3,5,7-9,18H,4,6,10-16H2,(H,25,29). The minimum Gasteiger partial charge on any atom is -0.378 e. The first kappa shape index (κ1) is 20.2. The van der Waals surface area contributed by atoms with Gasteiger partial charge in [0.1, 0.15) is 5.82 Å². The van der Waals surface area contributed by atoms with E-state index in [0.717, 1.165) is 61.1 Å². The van der Waals surface area contributed by atoms with Gasteiger partial charge in [-0.2, -0.15) is 0 Å². The summed E-state index contributed by atoms with van der Waals surface area (Å²) in [5.74, 6) is 1.04. The number of piperidine rings is 1. The van der Waals surface area contributed by atoms with Crippen LogP contribution in [-0.2, 0) is 16.1 Å². The van der Waals surface area contributed by atoms with Crippen molar-refractivity contribution in [1.29, 1.82) is 0 Å². The predicted octanol–water partition coefficient (Wildman–Crippen LogP) is 3.06. The molecule has 1 N–H and O–H groups in total. The normalized spacial score (nSPS) is 19.5. The number of carbonyl (C=O) groups is 1. The minimum absolute atomic E-state index is 0.0238. The van der Waals surface area contributed by atoms with E-state index in [1.54, 1.807) is 11.3 Å². The maximum absolute atomic E-state index is 13.0. The van der Waals surface area contributed by atoms with Gasteiger partial charge in [-0.25, -0.2) is 9.97 Å². The number of nitrogens with zero attached hydrogens (tertiary/aromatic N) is 4. The molecule has 2 fully saturated rings. The van der Waals surface area contributed by atoms with Gasteiger partial charge < -0.3 is 19.9 Å². The number of aromatic nitrogens is 2. The summed E-state index contributed by atoms with van der Waals surface area (Å²) in [5, 5.41) is 4.18. The number of ether oxygens (including phenoxy) is 1. The lowest BCUT2D eigenvalue weighted by molar-refractivity contribution is -0.125. The van der Waals surface area contributed by atoms with Gasteiger partial charge >= 0.3 is 0 Å². The third kappa shape index (κ3) is 4.50. The Balaban J connectivity index is 1.23. The molecule has 1 unspecified atom stereocenters. The molecule has 0 bridgehead atoms. The van der Waals surface area contributed by atoms with Crippen LogP contribution in [0.1, 0.15) is 18.4 Å². The van der Waals surface area contributed by atoms with Crippen LogP contribution in [0.15, 0.2) is 42.6 Å². The third-order valence-corrected chi connectivity index (χ3v) is 7.07. The van der Waals surface area contributed by atoms with Crippen molar-refractivity contribution in [2.24, 2.45) is 5.92 Å². The number of nitrogens with one attached hydrogen (secondary N) is 1. The van der Waals surface area contributed by atoms with Gasteiger partial charge in [0.2, 0.25) is 5.91 Å². The van der Waals surface area contributed by atoms with Gasteiger partial charge in [-0.3, -0.25) is 4.79 Å². The zero-order chi connectivity index (χ0) is 21.0. The van der Waals surface area contributed by atoms with Crippen molar-refractivity contribution in [1.82, 2.24) is 15.3 Å². The van der Waals surface area contributed by atoms with E-state index in [1.807, 2.05) is 36.5 Å². The van der Waals surface area contributed by atoms with Crippen LogP contribution in [0.3, 0.4) is 0 Å². The maximum Gasteiger partial charge on any atom is 0.225 e. The van der Waals surface area contributed by atoms with Crippen molar-refractivity contribution >= 4 is 38.4 Å². The van der Waals surface area contributed by atoms with Crippen LogP contribution in [0, 0.1) is 5.92 Å². The summed E-state index contributed by atoms with van der Waals surface area (Å²) >= 11 is 1.70. The third-order valence-electron chi connectivity index (χ3n) is 5.98. The quantitative estimate of drug-likeness (QED) is 0.662. The maximum atomic E-state index is 13.0. The molecule has 5 rings (SSSR count). The SMILES string of the molecule is O=C(NCc1cccnc1N1CCOCC1)C1CCCN(c2nc3ccccc3s2)C1. The number of pyridine rings is 1. The van der Waals surface area contributed by atoms with Crippen LogP contribution in [-0.4, -0.2) is 55.3 Å². The molecular weight excluding hydrogens is 410 g/mol.